The fraction of sp³-hybridized carbons (Fsp3) is 0.714. The van der Waals surface area contributed by atoms with Gasteiger partial charge in [0, 0.05) is 19.4 Å². The van der Waals surface area contributed by atoms with Crippen LogP contribution < -0.4 is 0 Å². The first-order valence-electron chi connectivity index (χ1n) is 4.35. The lowest BCUT2D eigenvalue weighted by atomic mass is 10.2. The zero-order valence-corrected chi connectivity index (χ0v) is 8.91. The molecule has 0 radical (unpaired) electrons. The van der Waals surface area contributed by atoms with E-state index >= 15 is 0 Å². The zero-order chi connectivity index (χ0) is 11.3. The maximum absolute atomic E-state index is 12.5. The van der Waals surface area contributed by atoms with Crippen LogP contribution in [0.2, 0.25) is 0 Å². The van der Waals surface area contributed by atoms with E-state index in [-0.39, 0.29) is 6.67 Å². The third-order valence-corrected chi connectivity index (χ3v) is 4.03. The van der Waals surface area contributed by atoms with Crippen molar-refractivity contribution >= 4 is 10.2 Å². The molecule has 1 fully saturated rings. The summed E-state index contributed by atoms with van der Waals surface area (Å²) in [5.41, 5.74) is 0. The summed E-state index contributed by atoms with van der Waals surface area (Å²) in [4.78, 5) is 1.65. The minimum absolute atomic E-state index is 0.171. The van der Waals surface area contributed by atoms with Gasteiger partial charge in [-0.05, 0) is 0 Å². The SMILES string of the molecule is CN1C=CN(S(=O)(=O)N2CC(F)(F)C2)C1. The van der Waals surface area contributed by atoms with Crippen molar-refractivity contribution in [3.8, 4) is 0 Å². The van der Waals surface area contributed by atoms with Gasteiger partial charge in [-0.15, -0.1) is 0 Å². The standard InChI is InChI=1S/C7H11F2N3O2S/c1-10-2-3-11(6-10)15(13,14)12-4-7(8,9)5-12/h2-3H,4-6H2,1H3. The monoisotopic (exact) mass is 239 g/mol. The molecule has 0 spiro atoms. The molecule has 0 aliphatic carbocycles. The predicted octanol–water partition coefficient (Wildman–Crippen LogP) is -0.142. The van der Waals surface area contributed by atoms with Crippen LogP contribution in [0.3, 0.4) is 0 Å². The highest BCUT2D eigenvalue weighted by Gasteiger charge is 2.51. The second-order valence-corrected chi connectivity index (χ2v) is 5.60. The summed E-state index contributed by atoms with van der Waals surface area (Å²) in [6, 6.07) is 0. The van der Waals surface area contributed by atoms with E-state index in [1.807, 2.05) is 0 Å². The Hall–Kier alpha value is -0.890. The molecule has 86 valence electrons. The van der Waals surface area contributed by atoms with Crippen LogP contribution in [0.25, 0.3) is 0 Å². The molecule has 0 amide bonds. The normalized spacial score (nSPS) is 25.8. The molecule has 0 unspecified atom stereocenters. The fourth-order valence-electron chi connectivity index (χ4n) is 1.43. The third kappa shape index (κ3) is 1.78. The van der Waals surface area contributed by atoms with E-state index in [0.29, 0.717) is 0 Å². The smallest absolute Gasteiger partial charge is 0.305 e. The van der Waals surface area contributed by atoms with E-state index in [9.17, 15) is 17.2 Å². The second-order valence-electron chi connectivity index (χ2n) is 3.72. The molecule has 1 saturated heterocycles. The van der Waals surface area contributed by atoms with Crippen LogP contribution in [0.1, 0.15) is 0 Å². The van der Waals surface area contributed by atoms with Crippen molar-refractivity contribution in [2.75, 3.05) is 26.8 Å². The average molecular weight is 239 g/mol. The van der Waals surface area contributed by atoms with Crippen LogP contribution in [0, 0.1) is 0 Å². The molecule has 15 heavy (non-hydrogen) atoms. The van der Waals surface area contributed by atoms with Gasteiger partial charge in [0.05, 0.1) is 13.1 Å². The Morgan fingerprint density at radius 2 is 1.87 bits per heavy atom. The summed E-state index contributed by atoms with van der Waals surface area (Å²) >= 11 is 0. The number of halogens is 2. The van der Waals surface area contributed by atoms with Crippen LogP contribution in [0.15, 0.2) is 12.4 Å². The summed E-state index contributed by atoms with van der Waals surface area (Å²) in [6.07, 6.45) is 2.95. The molecular weight excluding hydrogens is 228 g/mol. The summed E-state index contributed by atoms with van der Waals surface area (Å²) in [6.45, 7) is -1.27. The molecular formula is C7H11F2N3O2S. The average Bonchev–Trinajstić information content (AvgIpc) is 2.48. The number of hydrogen-bond acceptors (Lipinski definition) is 3. The lowest BCUT2D eigenvalue weighted by Gasteiger charge is -2.39. The molecule has 0 aromatic heterocycles. The number of hydrogen-bond donors (Lipinski definition) is 0. The van der Waals surface area contributed by atoms with Gasteiger partial charge in [0.15, 0.2) is 0 Å². The molecule has 0 saturated carbocycles. The van der Waals surface area contributed by atoms with Crippen LogP contribution >= 0.6 is 0 Å². The largest absolute Gasteiger partial charge is 0.361 e. The van der Waals surface area contributed by atoms with Crippen LogP contribution in [-0.4, -0.2) is 54.7 Å². The van der Waals surface area contributed by atoms with Crippen molar-refractivity contribution in [3.63, 3.8) is 0 Å². The Kier molecular flexibility index (Phi) is 2.16. The van der Waals surface area contributed by atoms with E-state index in [4.69, 9.17) is 0 Å². The van der Waals surface area contributed by atoms with Gasteiger partial charge in [0.2, 0.25) is 0 Å². The van der Waals surface area contributed by atoms with Gasteiger partial charge < -0.3 is 4.90 Å². The van der Waals surface area contributed by atoms with Gasteiger partial charge in [-0.3, -0.25) is 0 Å². The van der Waals surface area contributed by atoms with Gasteiger partial charge in [-0.25, -0.2) is 13.1 Å². The maximum atomic E-state index is 12.5. The topological polar surface area (TPSA) is 43.9 Å². The van der Waals surface area contributed by atoms with E-state index in [1.54, 1.807) is 18.1 Å². The molecule has 0 atom stereocenters. The molecule has 5 nitrogen and oxygen atoms in total. The van der Waals surface area contributed by atoms with Gasteiger partial charge in [0.25, 0.3) is 5.92 Å². The van der Waals surface area contributed by atoms with Crippen LogP contribution in [0.4, 0.5) is 8.78 Å². The second kappa shape index (κ2) is 3.05. The highest BCUT2D eigenvalue weighted by molar-refractivity contribution is 7.86. The van der Waals surface area contributed by atoms with Crippen LogP contribution in [0.5, 0.6) is 0 Å². The Morgan fingerprint density at radius 3 is 2.27 bits per heavy atom. The van der Waals surface area contributed by atoms with Crippen molar-refractivity contribution in [1.29, 1.82) is 0 Å². The highest BCUT2D eigenvalue weighted by Crippen LogP contribution is 2.31. The minimum atomic E-state index is -3.75. The van der Waals surface area contributed by atoms with Crippen LogP contribution in [-0.2, 0) is 10.2 Å². The molecule has 2 heterocycles. The molecule has 0 aromatic rings. The van der Waals surface area contributed by atoms with Crippen molar-refractivity contribution in [2.45, 2.75) is 5.92 Å². The minimum Gasteiger partial charge on any atom is -0.361 e. The Bertz CT molecular complexity index is 387. The highest BCUT2D eigenvalue weighted by atomic mass is 32.2. The lowest BCUT2D eigenvalue weighted by Crippen LogP contribution is -2.60. The summed E-state index contributed by atoms with van der Waals surface area (Å²) < 4.78 is 50.3. The fourth-order valence-corrected chi connectivity index (χ4v) is 2.97. The molecule has 2 rings (SSSR count). The van der Waals surface area contributed by atoms with E-state index in [0.717, 1.165) is 8.61 Å². The van der Waals surface area contributed by atoms with E-state index < -0.39 is 29.2 Å². The van der Waals surface area contributed by atoms with Crippen molar-refractivity contribution < 1.29 is 17.2 Å². The quantitative estimate of drug-likeness (QED) is 0.673. The molecule has 0 N–H and O–H groups in total. The predicted molar refractivity (Wildman–Crippen MR) is 49.0 cm³/mol. The van der Waals surface area contributed by atoms with Gasteiger partial charge in [-0.1, -0.05) is 0 Å². The van der Waals surface area contributed by atoms with Crippen molar-refractivity contribution in [1.82, 2.24) is 13.5 Å². The Balaban J connectivity index is 2.06. The molecule has 2 aliphatic rings. The van der Waals surface area contributed by atoms with Crippen molar-refractivity contribution in [2.24, 2.45) is 0 Å². The summed E-state index contributed by atoms with van der Waals surface area (Å²) in [5.74, 6) is -2.87. The summed E-state index contributed by atoms with van der Waals surface area (Å²) in [7, 11) is -2.04. The lowest BCUT2D eigenvalue weighted by molar-refractivity contribution is -0.0960. The third-order valence-electron chi connectivity index (χ3n) is 2.29. The van der Waals surface area contributed by atoms with Crippen molar-refractivity contribution in [3.05, 3.63) is 12.4 Å². The molecule has 8 heteroatoms. The molecule has 2 aliphatic heterocycles. The zero-order valence-electron chi connectivity index (χ0n) is 8.10. The first-order chi connectivity index (χ1) is 6.81. The van der Waals surface area contributed by atoms with Gasteiger partial charge in [0.1, 0.15) is 6.67 Å². The Morgan fingerprint density at radius 1 is 1.27 bits per heavy atom. The van der Waals surface area contributed by atoms with E-state index in [1.165, 1.54) is 6.20 Å². The summed E-state index contributed by atoms with van der Waals surface area (Å²) in [5, 5.41) is 0. The number of alkyl halides is 2. The first kappa shape index (κ1) is 10.6. The number of nitrogens with zero attached hydrogens (tertiary/aromatic N) is 3. The Labute approximate surface area is 86.7 Å². The van der Waals surface area contributed by atoms with E-state index in [2.05, 4.69) is 0 Å². The number of rotatable bonds is 2. The van der Waals surface area contributed by atoms with Gasteiger partial charge in [-0.2, -0.15) is 12.7 Å². The maximum Gasteiger partial charge on any atom is 0.305 e. The first-order valence-corrected chi connectivity index (χ1v) is 5.74. The van der Waals surface area contributed by atoms with Gasteiger partial charge >= 0.3 is 10.2 Å². The molecule has 0 aromatic carbocycles. The molecule has 0 bridgehead atoms.